The number of sulfonamides is 1. The minimum Gasteiger partial charge on any atom is -0.497 e. The number of ether oxygens (including phenoxy) is 2. The van der Waals surface area contributed by atoms with E-state index in [1.165, 1.54) is 16.8 Å². The summed E-state index contributed by atoms with van der Waals surface area (Å²) in [4.78, 5) is 12.5. The first-order valence-electron chi connectivity index (χ1n) is 10.8. The summed E-state index contributed by atoms with van der Waals surface area (Å²) in [7, 11) is -0.399. The molecule has 0 saturated carbocycles. The summed E-state index contributed by atoms with van der Waals surface area (Å²) in [5.41, 5.74) is 6.96. The highest BCUT2D eigenvalue weighted by Gasteiger charge is 2.18. The third-order valence-electron chi connectivity index (χ3n) is 5.53. The number of nitrogens with one attached hydrogen (secondary N) is 1. The van der Waals surface area contributed by atoms with Gasteiger partial charge in [-0.2, -0.15) is 5.10 Å². The highest BCUT2D eigenvalue weighted by Crippen LogP contribution is 2.24. The first-order chi connectivity index (χ1) is 16.6. The lowest BCUT2D eigenvalue weighted by molar-refractivity contribution is 0.0955. The maximum absolute atomic E-state index is 12.5. The van der Waals surface area contributed by atoms with Crippen molar-refractivity contribution in [1.82, 2.24) is 5.43 Å². The highest BCUT2D eigenvalue weighted by molar-refractivity contribution is 7.92. The van der Waals surface area contributed by atoms with Crippen LogP contribution in [0.5, 0.6) is 11.5 Å². The Hall–Kier alpha value is -3.85. The highest BCUT2D eigenvalue weighted by atomic mass is 32.2. The van der Waals surface area contributed by atoms with Crippen LogP contribution in [-0.2, 0) is 16.6 Å². The Morgan fingerprint density at radius 2 is 1.69 bits per heavy atom. The van der Waals surface area contributed by atoms with E-state index < -0.39 is 15.9 Å². The quantitative estimate of drug-likeness (QED) is 0.357. The number of carbonyl (C=O) groups is 1. The summed E-state index contributed by atoms with van der Waals surface area (Å²) >= 11 is 0. The Morgan fingerprint density at radius 1 is 0.971 bits per heavy atom. The molecular weight excluding hydrogens is 466 g/mol. The van der Waals surface area contributed by atoms with Crippen molar-refractivity contribution in [3.8, 4) is 11.5 Å². The number of nitrogens with zero attached hydrogens (tertiary/aromatic N) is 2. The van der Waals surface area contributed by atoms with Gasteiger partial charge in [0.1, 0.15) is 11.5 Å². The number of hydrazone groups is 1. The van der Waals surface area contributed by atoms with Crippen molar-refractivity contribution >= 4 is 27.8 Å². The van der Waals surface area contributed by atoms with Crippen LogP contribution in [0.4, 0.5) is 5.69 Å². The molecule has 8 nitrogen and oxygen atoms in total. The van der Waals surface area contributed by atoms with Gasteiger partial charge in [0.2, 0.25) is 10.0 Å². The molecule has 184 valence electrons. The molecule has 0 aromatic heterocycles. The molecule has 0 radical (unpaired) electrons. The molecule has 0 aliphatic rings. The third-order valence-corrected chi connectivity index (χ3v) is 6.67. The van der Waals surface area contributed by atoms with Gasteiger partial charge in [0, 0.05) is 11.1 Å². The summed E-state index contributed by atoms with van der Waals surface area (Å²) < 4.78 is 36.8. The summed E-state index contributed by atoms with van der Waals surface area (Å²) in [6.45, 7) is 4.07. The predicted octanol–water partition coefficient (Wildman–Crippen LogP) is 4.05. The Bertz CT molecular complexity index is 1340. The molecule has 3 aromatic carbocycles. The van der Waals surface area contributed by atoms with E-state index in [1.54, 1.807) is 62.8 Å². The largest absolute Gasteiger partial charge is 0.497 e. The second kappa shape index (κ2) is 11.1. The van der Waals surface area contributed by atoms with Gasteiger partial charge in [-0.1, -0.05) is 18.2 Å². The summed E-state index contributed by atoms with van der Waals surface area (Å²) in [5, 5.41) is 4.01. The molecule has 9 heteroatoms. The van der Waals surface area contributed by atoms with Crippen LogP contribution in [0.15, 0.2) is 65.8 Å². The molecule has 0 aliphatic carbocycles. The molecule has 0 unspecified atom stereocenters. The molecule has 0 heterocycles. The first-order valence-corrected chi connectivity index (χ1v) is 12.7. The number of carbonyl (C=O) groups excluding carboxylic acids is 1. The van der Waals surface area contributed by atoms with Crippen LogP contribution < -0.4 is 19.2 Å². The zero-order valence-corrected chi connectivity index (χ0v) is 21.2. The fourth-order valence-corrected chi connectivity index (χ4v) is 4.25. The number of aryl methyl sites for hydroxylation is 2. The van der Waals surface area contributed by atoms with Gasteiger partial charge < -0.3 is 9.47 Å². The van der Waals surface area contributed by atoms with Gasteiger partial charge in [-0.15, -0.1) is 0 Å². The van der Waals surface area contributed by atoms with Gasteiger partial charge in [0.25, 0.3) is 5.91 Å². The van der Waals surface area contributed by atoms with Crippen LogP contribution in [0.3, 0.4) is 0 Å². The van der Waals surface area contributed by atoms with Gasteiger partial charge >= 0.3 is 0 Å². The zero-order valence-electron chi connectivity index (χ0n) is 20.4. The number of anilines is 1. The number of hydrogen-bond donors (Lipinski definition) is 1. The van der Waals surface area contributed by atoms with Crippen molar-refractivity contribution in [2.75, 3.05) is 24.8 Å². The van der Waals surface area contributed by atoms with E-state index >= 15 is 0 Å². The Kier molecular flexibility index (Phi) is 8.14. The molecule has 0 aliphatic heterocycles. The number of benzene rings is 3. The molecule has 35 heavy (non-hydrogen) atoms. The van der Waals surface area contributed by atoms with Crippen molar-refractivity contribution in [3.63, 3.8) is 0 Å². The molecule has 0 saturated heterocycles. The maximum atomic E-state index is 12.5. The van der Waals surface area contributed by atoms with Gasteiger partial charge in [0.05, 0.1) is 38.9 Å². The third kappa shape index (κ3) is 6.60. The van der Waals surface area contributed by atoms with Crippen LogP contribution in [0.2, 0.25) is 0 Å². The average Bonchev–Trinajstić information content (AvgIpc) is 2.83. The number of amides is 1. The van der Waals surface area contributed by atoms with E-state index in [-0.39, 0.29) is 6.54 Å². The van der Waals surface area contributed by atoms with E-state index in [9.17, 15) is 13.2 Å². The summed E-state index contributed by atoms with van der Waals surface area (Å²) in [6, 6.07) is 17.5. The number of methoxy groups -OCH3 is 2. The van der Waals surface area contributed by atoms with Crippen LogP contribution in [0.1, 0.15) is 32.6 Å². The molecule has 1 N–H and O–H groups in total. The Labute approximate surface area is 206 Å². The fourth-order valence-electron chi connectivity index (χ4n) is 3.37. The monoisotopic (exact) mass is 495 g/mol. The standard InChI is InChI=1S/C26H29N3O5S/c1-18-6-11-23(14-19(18)2)29(35(5,31)32)17-20-7-9-21(10-8-20)26(30)28-27-16-22-15-24(33-3)12-13-25(22)34-4/h6-16H,17H2,1-5H3,(H,28,30)/b27-16-. The zero-order chi connectivity index (χ0) is 25.6. The van der Waals surface area contributed by atoms with Crippen molar-refractivity contribution < 1.29 is 22.7 Å². The van der Waals surface area contributed by atoms with Gasteiger partial charge in [-0.3, -0.25) is 9.10 Å². The van der Waals surface area contributed by atoms with Crippen molar-refractivity contribution in [1.29, 1.82) is 0 Å². The van der Waals surface area contributed by atoms with Crippen molar-refractivity contribution in [3.05, 3.63) is 88.5 Å². The van der Waals surface area contributed by atoms with E-state index in [4.69, 9.17) is 9.47 Å². The van der Waals surface area contributed by atoms with Crippen molar-refractivity contribution in [2.24, 2.45) is 5.10 Å². The van der Waals surface area contributed by atoms with Crippen molar-refractivity contribution in [2.45, 2.75) is 20.4 Å². The normalized spacial score (nSPS) is 11.3. The van der Waals surface area contributed by atoms with Crippen LogP contribution >= 0.6 is 0 Å². The van der Waals surface area contributed by atoms with E-state index in [0.717, 1.165) is 16.7 Å². The lowest BCUT2D eigenvalue weighted by Crippen LogP contribution is -2.29. The molecule has 1 amide bonds. The fraction of sp³-hybridized carbons (Fsp3) is 0.231. The van der Waals surface area contributed by atoms with Crippen LogP contribution in [-0.4, -0.2) is 41.0 Å². The topological polar surface area (TPSA) is 97.3 Å². The molecule has 0 bridgehead atoms. The number of hydrogen-bond acceptors (Lipinski definition) is 6. The SMILES string of the molecule is COc1ccc(OC)c(/C=N\NC(=O)c2ccc(CN(c3ccc(C)c(C)c3)S(C)(=O)=O)cc2)c1. The predicted molar refractivity (Wildman–Crippen MR) is 138 cm³/mol. The molecule has 0 fully saturated rings. The Balaban J connectivity index is 1.71. The van der Waals surface area contributed by atoms with Gasteiger partial charge in [-0.25, -0.2) is 13.8 Å². The molecule has 0 spiro atoms. The minimum atomic E-state index is -3.51. The van der Waals surface area contributed by atoms with Crippen LogP contribution in [0.25, 0.3) is 0 Å². The Morgan fingerprint density at radius 3 is 2.29 bits per heavy atom. The minimum absolute atomic E-state index is 0.150. The molecular formula is C26H29N3O5S. The van der Waals surface area contributed by atoms with E-state index in [0.29, 0.717) is 28.3 Å². The first kappa shape index (κ1) is 25.8. The van der Waals surface area contributed by atoms with Gasteiger partial charge in [-0.05, 0) is 73.0 Å². The maximum Gasteiger partial charge on any atom is 0.271 e. The molecule has 3 rings (SSSR count). The van der Waals surface area contributed by atoms with E-state index in [2.05, 4.69) is 10.5 Å². The van der Waals surface area contributed by atoms with Crippen LogP contribution in [0, 0.1) is 13.8 Å². The summed E-state index contributed by atoms with van der Waals surface area (Å²) in [5.74, 6) is 0.828. The molecule has 3 aromatic rings. The second-order valence-corrected chi connectivity index (χ2v) is 9.95. The second-order valence-electron chi connectivity index (χ2n) is 8.04. The van der Waals surface area contributed by atoms with E-state index in [1.807, 2.05) is 26.0 Å². The molecule has 0 atom stereocenters. The smallest absolute Gasteiger partial charge is 0.271 e. The lowest BCUT2D eigenvalue weighted by atomic mass is 10.1. The summed E-state index contributed by atoms with van der Waals surface area (Å²) in [6.07, 6.45) is 2.65. The lowest BCUT2D eigenvalue weighted by Gasteiger charge is -2.23. The van der Waals surface area contributed by atoms with Gasteiger partial charge in [0.15, 0.2) is 0 Å². The average molecular weight is 496 g/mol. The number of rotatable bonds is 9.